The van der Waals surface area contributed by atoms with Crippen LogP contribution in [0, 0.1) is 18.8 Å². The molecule has 1 aliphatic heterocycles. The first-order chi connectivity index (χ1) is 10.8. The molecule has 0 amide bonds. The van der Waals surface area contributed by atoms with Gasteiger partial charge in [0.05, 0.1) is 13.2 Å². The normalized spacial score (nSPS) is 22.3. The van der Waals surface area contributed by atoms with Crippen molar-refractivity contribution in [3.8, 4) is 5.75 Å². The summed E-state index contributed by atoms with van der Waals surface area (Å²) < 4.78 is 39.1. The maximum atomic E-state index is 12.7. The maximum Gasteiger partial charge on any atom is 0.244 e. The zero-order valence-corrected chi connectivity index (χ0v) is 15.2. The molecule has 1 fully saturated rings. The van der Waals surface area contributed by atoms with Crippen molar-refractivity contribution >= 4 is 10.0 Å². The van der Waals surface area contributed by atoms with Gasteiger partial charge in [-0.05, 0) is 49.3 Å². The van der Waals surface area contributed by atoms with Crippen molar-refractivity contribution in [1.29, 1.82) is 0 Å². The van der Waals surface area contributed by atoms with Crippen molar-refractivity contribution in [2.75, 3.05) is 20.3 Å². The summed E-state index contributed by atoms with van der Waals surface area (Å²) in [5.74, 6) is 0.941. The Morgan fingerprint density at radius 1 is 1.39 bits per heavy atom. The Balaban J connectivity index is 2.14. The van der Waals surface area contributed by atoms with Crippen LogP contribution in [-0.2, 0) is 14.8 Å². The summed E-state index contributed by atoms with van der Waals surface area (Å²) in [6.07, 6.45) is 2.06. The molecule has 0 aromatic heterocycles. The molecule has 0 unspecified atom stereocenters. The fourth-order valence-electron chi connectivity index (χ4n) is 3.11. The van der Waals surface area contributed by atoms with Crippen molar-refractivity contribution in [3.63, 3.8) is 0 Å². The molecule has 0 spiro atoms. The molecule has 0 radical (unpaired) electrons. The minimum atomic E-state index is -3.60. The third-order valence-corrected chi connectivity index (χ3v) is 5.74. The van der Waals surface area contributed by atoms with Gasteiger partial charge in [-0.15, -0.1) is 0 Å². The summed E-state index contributed by atoms with van der Waals surface area (Å²) >= 11 is 0. The summed E-state index contributed by atoms with van der Waals surface area (Å²) in [7, 11) is -2.12. The Morgan fingerprint density at radius 3 is 2.78 bits per heavy atom. The van der Waals surface area contributed by atoms with E-state index in [-0.39, 0.29) is 16.9 Å². The van der Waals surface area contributed by atoms with Crippen LogP contribution in [0.3, 0.4) is 0 Å². The Kier molecular flexibility index (Phi) is 6.06. The number of hydrogen-bond acceptors (Lipinski definition) is 4. The van der Waals surface area contributed by atoms with Crippen LogP contribution in [0.25, 0.3) is 0 Å². The Hall–Kier alpha value is -1.11. The Bertz CT molecular complexity index is 627. The molecule has 0 saturated carbocycles. The highest BCUT2D eigenvalue weighted by molar-refractivity contribution is 7.89. The molecule has 1 N–H and O–H groups in total. The van der Waals surface area contributed by atoms with Crippen LogP contribution >= 0.6 is 0 Å². The average molecular weight is 341 g/mol. The third-order valence-electron chi connectivity index (χ3n) is 4.30. The van der Waals surface area contributed by atoms with Crippen LogP contribution in [0.5, 0.6) is 5.75 Å². The smallest absolute Gasteiger partial charge is 0.244 e. The SMILES string of the molecule is COc1ccc(C)cc1S(=O)(=O)NC[C@H]1CCCO[C@H]1C(C)C. The van der Waals surface area contributed by atoms with Gasteiger partial charge in [-0.25, -0.2) is 13.1 Å². The first kappa shape index (κ1) is 18.2. The highest BCUT2D eigenvalue weighted by atomic mass is 32.2. The highest BCUT2D eigenvalue weighted by Gasteiger charge is 2.30. The molecule has 0 bridgehead atoms. The topological polar surface area (TPSA) is 64.6 Å². The largest absolute Gasteiger partial charge is 0.495 e. The summed E-state index contributed by atoms with van der Waals surface area (Å²) in [6, 6.07) is 5.16. The van der Waals surface area contributed by atoms with E-state index in [1.54, 1.807) is 12.1 Å². The van der Waals surface area contributed by atoms with Crippen molar-refractivity contribution in [2.24, 2.45) is 11.8 Å². The van der Waals surface area contributed by atoms with E-state index in [0.717, 1.165) is 25.0 Å². The van der Waals surface area contributed by atoms with Crippen LogP contribution in [0.15, 0.2) is 23.1 Å². The lowest BCUT2D eigenvalue weighted by atomic mass is 9.88. The van der Waals surface area contributed by atoms with Gasteiger partial charge in [0.25, 0.3) is 0 Å². The molecule has 130 valence electrons. The predicted molar refractivity (Wildman–Crippen MR) is 90.2 cm³/mol. The van der Waals surface area contributed by atoms with E-state index >= 15 is 0 Å². The third kappa shape index (κ3) is 4.46. The number of hydrogen-bond donors (Lipinski definition) is 1. The number of nitrogens with one attached hydrogen (secondary N) is 1. The summed E-state index contributed by atoms with van der Waals surface area (Å²) in [6.45, 7) is 7.24. The van der Waals surface area contributed by atoms with Gasteiger partial charge in [-0.3, -0.25) is 0 Å². The van der Waals surface area contributed by atoms with Crippen LogP contribution in [0.2, 0.25) is 0 Å². The van der Waals surface area contributed by atoms with Crippen LogP contribution in [-0.4, -0.2) is 34.8 Å². The number of rotatable bonds is 6. The first-order valence-corrected chi connectivity index (χ1v) is 9.59. The van der Waals surface area contributed by atoms with E-state index in [1.165, 1.54) is 7.11 Å². The standard InChI is InChI=1S/C17H27NO4S/c1-12(2)17-14(6-5-9-22-17)11-18-23(19,20)16-10-13(3)7-8-15(16)21-4/h7-8,10,12,14,17-18H,5-6,9,11H2,1-4H3/t14-,17+/m1/s1. The molecule has 23 heavy (non-hydrogen) atoms. The molecule has 0 aliphatic carbocycles. The van der Waals surface area contributed by atoms with E-state index in [4.69, 9.17) is 9.47 Å². The molecular formula is C17H27NO4S. The van der Waals surface area contributed by atoms with Crippen LogP contribution in [0.1, 0.15) is 32.3 Å². The molecule has 2 atom stereocenters. The second-order valence-corrected chi connectivity index (χ2v) is 8.22. The van der Waals surface area contributed by atoms with Gasteiger partial charge >= 0.3 is 0 Å². The quantitative estimate of drug-likeness (QED) is 0.864. The molecule has 1 heterocycles. The van der Waals surface area contributed by atoms with E-state index in [1.807, 2.05) is 13.0 Å². The second kappa shape index (κ2) is 7.64. The molecule has 5 nitrogen and oxygen atoms in total. The highest BCUT2D eigenvalue weighted by Crippen LogP contribution is 2.28. The average Bonchev–Trinajstić information content (AvgIpc) is 2.53. The monoisotopic (exact) mass is 341 g/mol. The van der Waals surface area contributed by atoms with Gasteiger partial charge in [0.1, 0.15) is 10.6 Å². The lowest BCUT2D eigenvalue weighted by molar-refractivity contribution is -0.0502. The fraction of sp³-hybridized carbons (Fsp3) is 0.647. The molecule has 1 saturated heterocycles. The second-order valence-electron chi connectivity index (χ2n) is 6.49. The lowest BCUT2D eigenvalue weighted by Gasteiger charge is -2.34. The zero-order valence-electron chi connectivity index (χ0n) is 14.3. The van der Waals surface area contributed by atoms with Gasteiger partial charge in [0, 0.05) is 13.2 Å². The van der Waals surface area contributed by atoms with Crippen molar-refractivity contribution in [2.45, 2.75) is 44.6 Å². The lowest BCUT2D eigenvalue weighted by Crippen LogP contribution is -2.41. The molecule has 1 aromatic rings. The minimum absolute atomic E-state index is 0.103. The van der Waals surface area contributed by atoms with Crippen LogP contribution < -0.4 is 9.46 Å². The first-order valence-electron chi connectivity index (χ1n) is 8.11. The number of benzene rings is 1. The maximum absolute atomic E-state index is 12.7. The van der Waals surface area contributed by atoms with E-state index in [2.05, 4.69) is 18.6 Å². The molecule has 2 rings (SSSR count). The van der Waals surface area contributed by atoms with Crippen molar-refractivity contribution < 1.29 is 17.9 Å². The number of sulfonamides is 1. The van der Waals surface area contributed by atoms with Gasteiger partial charge < -0.3 is 9.47 Å². The number of aryl methyl sites for hydroxylation is 1. The summed E-state index contributed by atoms with van der Waals surface area (Å²) in [5, 5.41) is 0. The zero-order chi connectivity index (χ0) is 17.0. The van der Waals surface area contributed by atoms with Gasteiger partial charge in [-0.2, -0.15) is 0 Å². The van der Waals surface area contributed by atoms with Gasteiger partial charge in [-0.1, -0.05) is 19.9 Å². The van der Waals surface area contributed by atoms with Crippen molar-refractivity contribution in [1.82, 2.24) is 4.72 Å². The number of ether oxygens (including phenoxy) is 2. The fourth-order valence-corrected chi connectivity index (χ4v) is 4.45. The molecule has 1 aromatic carbocycles. The Labute approximate surface area is 139 Å². The molecular weight excluding hydrogens is 314 g/mol. The predicted octanol–water partition coefficient (Wildman–Crippen LogP) is 2.73. The minimum Gasteiger partial charge on any atom is -0.495 e. The molecule has 1 aliphatic rings. The summed E-state index contributed by atoms with van der Waals surface area (Å²) in [4.78, 5) is 0.192. The van der Waals surface area contributed by atoms with Crippen molar-refractivity contribution in [3.05, 3.63) is 23.8 Å². The summed E-state index contributed by atoms with van der Waals surface area (Å²) in [5.41, 5.74) is 0.882. The molecule has 6 heteroatoms. The van der Waals surface area contributed by atoms with E-state index in [0.29, 0.717) is 18.2 Å². The van der Waals surface area contributed by atoms with E-state index in [9.17, 15) is 8.42 Å². The van der Waals surface area contributed by atoms with Gasteiger partial charge in [0.15, 0.2) is 0 Å². The Morgan fingerprint density at radius 2 is 2.13 bits per heavy atom. The van der Waals surface area contributed by atoms with E-state index < -0.39 is 10.0 Å². The van der Waals surface area contributed by atoms with Crippen LogP contribution in [0.4, 0.5) is 0 Å². The number of methoxy groups -OCH3 is 1. The van der Waals surface area contributed by atoms with Gasteiger partial charge in [0.2, 0.25) is 10.0 Å².